The molecular formula is C10H11NS. The van der Waals surface area contributed by atoms with Crippen LogP contribution in [-0.4, -0.2) is 4.98 Å². The Balaban J connectivity index is 0.000000720. The van der Waals surface area contributed by atoms with Crippen molar-refractivity contribution in [3.63, 3.8) is 0 Å². The van der Waals surface area contributed by atoms with Crippen LogP contribution in [0.1, 0.15) is 5.56 Å². The highest BCUT2D eigenvalue weighted by atomic mass is 32.1. The molecule has 62 valence electrons. The highest BCUT2D eigenvalue weighted by molar-refractivity contribution is 7.59. The summed E-state index contributed by atoms with van der Waals surface area (Å²) >= 11 is 0. The van der Waals surface area contributed by atoms with Crippen LogP contribution in [0.15, 0.2) is 36.5 Å². The minimum atomic E-state index is 0. The number of benzene rings is 1. The lowest BCUT2D eigenvalue weighted by molar-refractivity contribution is 1.33. The molecule has 1 heterocycles. The van der Waals surface area contributed by atoms with Gasteiger partial charge < -0.3 is 0 Å². The van der Waals surface area contributed by atoms with Crippen molar-refractivity contribution in [2.45, 2.75) is 6.92 Å². The molecule has 2 rings (SSSR count). The lowest BCUT2D eigenvalue weighted by Gasteiger charge is -1.95. The summed E-state index contributed by atoms with van der Waals surface area (Å²) in [5.41, 5.74) is 2.28. The number of para-hydroxylation sites is 1. The number of fused-ring (bicyclic) bond motifs is 1. The van der Waals surface area contributed by atoms with E-state index in [9.17, 15) is 0 Å². The van der Waals surface area contributed by atoms with Gasteiger partial charge in [0.25, 0.3) is 0 Å². The Morgan fingerprint density at radius 3 is 2.75 bits per heavy atom. The predicted molar refractivity (Wildman–Crippen MR) is 56.9 cm³/mol. The number of aromatic nitrogens is 1. The predicted octanol–water partition coefficient (Wildman–Crippen LogP) is 2.66. The van der Waals surface area contributed by atoms with Crippen molar-refractivity contribution in [3.8, 4) is 0 Å². The van der Waals surface area contributed by atoms with Gasteiger partial charge in [0, 0.05) is 11.6 Å². The number of rotatable bonds is 0. The molecule has 2 aromatic rings. The van der Waals surface area contributed by atoms with Crippen LogP contribution in [0, 0.1) is 6.92 Å². The van der Waals surface area contributed by atoms with Crippen LogP contribution in [0.3, 0.4) is 0 Å². The monoisotopic (exact) mass is 177 g/mol. The van der Waals surface area contributed by atoms with E-state index >= 15 is 0 Å². The standard InChI is InChI=1S/C10H9N.H2S/c1-8-6-9-4-2-3-5-10(9)11-7-8;/h2-7H,1H3;1H2. The van der Waals surface area contributed by atoms with E-state index in [-0.39, 0.29) is 13.5 Å². The molecule has 1 aromatic heterocycles. The van der Waals surface area contributed by atoms with Crippen LogP contribution >= 0.6 is 13.5 Å². The second-order valence-electron chi connectivity index (χ2n) is 2.71. The van der Waals surface area contributed by atoms with Crippen molar-refractivity contribution in [3.05, 3.63) is 42.1 Å². The van der Waals surface area contributed by atoms with E-state index in [0.29, 0.717) is 0 Å². The normalized spacial score (nSPS) is 9.42. The molecular weight excluding hydrogens is 166 g/mol. The van der Waals surface area contributed by atoms with Gasteiger partial charge in [0.1, 0.15) is 0 Å². The maximum absolute atomic E-state index is 4.28. The maximum atomic E-state index is 4.28. The molecule has 0 aliphatic rings. The third-order valence-corrected chi connectivity index (χ3v) is 1.73. The molecule has 0 aliphatic carbocycles. The van der Waals surface area contributed by atoms with Crippen LogP contribution in [-0.2, 0) is 0 Å². The van der Waals surface area contributed by atoms with Gasteiger partial charge in [-0.2, -0.15) is 13.5 Å². The van der Waals surface area contributed by atoms with E-state index in [1.807, 2.05) is 24.4 Å². The largest absolute Gasteiger partial charge is 0.256 e. The van der Waals surface area contributed by atoms with Crippen LogP contribution in [0.4, 0.5) is 0 Å². The van der Waals surface area contributed by atoms with Gasteiger partial charge in [0.15, 0.2) is 0 Å². The first kappa shape index (κ1) is 9.07. The van der Waals surface area contributed by atoms with E-state index in [0.717, 1.165) is 5.52 Å². The van der Waals surface area contributed by atoms with Crippen molar-refractivity contribution in [2.24, 2.45) is 0 Å². The summed E-state index contributed by atoms with van der Waals surface area (Å²) < 4.78 is 0. The molecule has 2 heteroatoms. The summed E-state index contributed by atoms with van der Waals surface area (Å²) in [4.78, 5) is 4.28. The zero-order valence-electron chi connectivity index (χ0n) is 6.91. The van der Waals surface area contributed by atoms with Crippen molar-refractivity contribution in [1.82, 2.24) is 4.98 Å². The molecule has 0 radical (unpaired) electrons. The Bertz CT molecular complexity index is 384. The first-order chi connectivity index (χ1) is 5.36. The van der Waals surface area contributed by atoms with Crippen molar-refractivity contribution >= 4 is 24.4 Å². The molecule has 0 aliphatic heterocycles. The third kappa shape index (κ3) is 1.59. The Kier molecular flexibility index (Phi) is 2.71. The van der Waals surface area contributed by atoms with Crippen LogP contribution in [0.2, 0.25) is 0 Å². The minimum absolute atomic E-state index is 0. The number of nitrogens with zero attached hydrogens (tertiary/aromatic N) is 1. The molecule has 0 spiro atoms. The summed E-state index contributed by atoms with van der Waals surface area (Å²) in [6, 6.07) is 10.3. The number of hydrogen-bond acceptors (Lipinski definition) is 1. The molecule has 0 N–H and O–H groups in total. The topological polar surface area (TPSA) is 12.9 Å². The van der Waals surface area contributed by atoms with E-state index in [4.69, 9.17) is 0 Å². The van der Waals surface area contributed by atoms with Gasteiger partial charge in [-0.15, -0.1) is 0 Å². The Morgan fingerprint density at radius 2 is 1.92 bits per heavy atom. The number of pyridine rings is 1. The highest BCUT2D eigenvalue weighted by Crippen LogP contribution is 2.11. The first-order valence-corrected chi connectivity index (χ1v) is 3.68. The number of aryl methyl sites for hydroxylation is 1. The quantitative estimate of drug-likeness (QED) is 0.603. The van der Waals surface area contributed by atoms with Crippen LogP contribution in [0.5, 0.6) is 0 Å². The molecule has 0 saturated heterocycles. The fraction of sp³-hybridized carbons (Fsp3) is 0.100. The average molecular weight is 177 g/mol. The highest BCUT2D eigenvalue weighted by Gasteiger charge is 1.90. The Hall–Kier alpha value is -1.02. The van der Waals surface area contributed by atoms with Gasteiger partial charge in [0.05, 0.1) is 5.52 Å². The Labute approximate surface area is 78.9 Å². The van der Waals surface area contributed by atoms with Gasteiger partial charge in [-0.25, -0.2) is 0 Å². The lowest BCUT2D eigenvalue weighted by Crippen LogP contribution is -1.78. The number of hydrogen-bond donors (Lipinski definition) is 0. The summed E-state index contributed by atoms with van der Waals surface area (Å²) in [5, 5.41) is 1.22. The second-order valence-corrected chi connectivity index (χ2v) is 2.71. The molecule has 0 bridgehead atoms. The minimum Gasteiger partial charge on any atom is -0.256 e. The molecule has 12 heavy (non-hydrogen) atoms. The molecule has 0 unspecified atom stereocenters. The fourth-order valence-corrected chi connectivity index (χ4v) is 1.18. The summed E-state index contributed by atoms with van der Waals surface area (Å²) in [7, 11) is 0. The van der Waals surface area contributed by atoms with E-state index < -0.39 is 0 Å². The van der Waals surface area contributed by atoms with Crippen molar-refractivity contribution in [2.75, 3.05) is 0 Å². The molecule has 0 fully saturated rings. The van der Waals surface area contributed by atoms with Crippen molar-refractivity contribution < 1.29 is 0 Å². The molecule has 1 aromatic carbocycles. The van der Waals surface area contributed by atoms with Crippen LogP contribution < -0.4 is 0 Å². The van der Waals surface area contributed by atoms with E-state index in [1.165, 1.54) is 10.9 Å². The summed E-state index contributed by atoms with van der Waals surface area (Å²) in [5.74, 6) is 0. The van der Waals surface area contributed by atoms with Gasteiger partial charge in [0.2, 0.25) is 0 Å². The molecule has 0 amide bonds. The van der Waals surface area contributed by atoms with Gasteiger partial charge in [-0.1, -0.05) is 18.2 Å². The van der Waals surface area contributed by atoms with Gasteiger partial charge in [-0.3, -0.25) is 4.98 Å². The smallest absolute Gasteiger partial charge is 0.0702 e. The molecule has 0 saturated carbocycles. The van der Waals surface area contributed by atoms with Crippen molar-refractivity contribution in [1.29, 1.82) is 0 Å². The van der Waals surface area contributed by atoms with E-state index in [2.05, 4.69) is 24.0 Å². The average Bonchev–Trinajstić information content (AvgIpc) is 2.04. The molecule has 0 atom stereocenters. The van der Waals surface area contributed by atoms with Gasteiger partial charge >= 0.3 is 0 Å². The lowest BCUT2D eigenvalue weighted by atomic mass is 10.2. The maximum Gasteiger partial charge on any atom is 0.0702 e. The zero-order valence-corrected chi connectivity index (χ0v) is 7.91. The van der Waals surface area contributed by atoms with Crippen LogP contribution in [0.25, 0.3) is 10.9 Å². The first-order valence-electron chi connectivity index (χ1n) is 3.68. The second kappa shape index (κ2) is 3.59. The summed E-state index contributed by atoms with van der Waals surface area (Å²) in [6.07, 6.45) is 1.89. The van der Waals surface area contributed by atoms with E-state index in [1.54, 1.807) is 0 Å². The third-order valence-electron chi connectivity index (χ3n) is 1.73. The zero-order chi connectivity index (χ0) is 7.68. The molecule has 1 nitrogen and oxygen atoms in total. The fourth-order valence-electron chi connectivity index (χ4n) is 1.18. The van der Waals surface area contributed by atoms with Gasteiger partial charge in [-0.05, 0) is 24.6 Å². The summed E-state index contributed by atoms with van der Waals surface area (Å²) in [6.45, 7) is 2.06. The SMILES string of the molecule is Cc1cnc2ccccc2c1.S. The Morgan fingerprint density at radius 1 is 1.17 bits per heavy atom.